The number of benzene rings is 1. The lowest BCUT2D eigenvalue weighted by Gasteiger charge is -2.23. The number of amides is 2. The molecule has 1 heterocycles. The molecule has 0 saturated heterocycles. The van der Waals surface area contributed by atoms with E-state index in [0.717, 1.165) is 19.4 Å². The van der Waals surface area contributed by atoms with Crippen molar-refractivity contribution in [2.75, 3.05) is 18.4 Å². The van der Waals surface area contributed by atoms with Gasteiger partial charge in [0.25, 0.3) is 5.91 Å². The number of rotatable bonds is 9. The maximum Gasteiger partial charge on any atom is 0.253 e. The lowest BCUT2D eigenvalue weighted by Crippen LogP contribution is -2.37. The third-order valence-electron chi connectivity index (χ3n) is 4.46. The van der Waals surface area contributed by atoms with Crippen molar-refractivity contribution in [3.05, 3.63) is 54.0 Å². The SMILES string of the molecule is CC(C)CN(CC(=O)Nc1ccccc1C(=O)NCc1ccco1)C1CC1. The van der Waals surface area contributed by atoms with Gasteiger partial charge in [0.05, 0.1) is 30.6 Å². The lowest BCUT2D eigenvalue weighted by atomic mass is 10.1. The molecule has 1 saturated carbocycles. The highest BCUT2D eigenvalue weighted by Crippen LogP contribution is 2.27. The fourth-order valence-electron chi connectivity index (χ4n) is 3.09. The van der Waals surface area contributed by atoms with Crippen molar-refractivity contribution in [1.82, 2.24) is 10.2 Å². The number of hydrogen-bond donors (Lipinski definition) is 2. The molecule has 27 heavy (non-hydrogen) atoms. The molecule has 0 radical (unpaired) electrons. The first-order valence-corrected chi connectivity index (χ1v) is 9.46. The van der Waals surface area contributed by atoms with Gasteiger partial charge in [-0.15, -0.1) is 0 Å². The van der Waals surface area contributed by atoms with Gasteiger partial charge in [0.1, 0.15) is 5.76 Å². The first kappa shape index (κ1) is 19.2. The number of anilines is 1. The topological polar surface area (TPSA) is 74.6 Å². The second kappa shape index (κ2) is 8.86. The van der Waals surface area contributed by atoms with Crippen LogP contribution < -0.4 is 10.6 Å². The molecule has 1 aromatic heterocycles. The summed E-state index contributed by atoms with van der Waals surface area (Å²) in [5, 5.41) is 5.72. The number of nitrogens with zero attached hydrogens (tertiary/aromatic N) is 1. The minimum absolute atomic E-state index is 0.0890. The highest BCUT2D eigenvalue weighted by molar-refractivity contribution is 6.04. The summed E-state index contributed by atoms with van der Waals surface area (Å²) in [7, 11) is 0. The van der Waals surface area contributed by atoms with Gasteiger partial charge in [-0.25, -0.2) is 0 Å². The minimum atomic E-state index is -0.247. The van der Waals surface area contributed by atoms with E-state index in [2.05, 4.69) is 29.4 Å². The summed E-state index contributed by atoms with van der Waals surface area (Å²) in [6.07, 6.45) is 3.88. The molecule has 1 aliphatic rings. The average molecular weight is 369 g/mol. The van der Waals surface area contributed by atoms with Crippen molar-refractivity contribution in [3.63, 3.8) is 0 Å². The summed E-state index contributed by atoms with van der Waals surface area (Å²) in [5.74, 6) is 0.856. The largest absolute Gasteiger partial charge is 0.467 e. The van der Waals surface area contributed by atoms with Crippen molar-refractivity contribution in [2.24, 2.45) is 5.92 Å². The molecule has 6 nitrogen and oxygen atoms in total. The molecule has 2 aromatic rings. The van der Waals surface area contributed by atoms with Crippen LogP contribution in [0.25, 0.3) is 0 Å². The molecule has 144 valence electrons. The van der Waals surface area contributed by atoms with Crippen molar-refractivity contribution in [3.8, 4) is 0 Å². The first-order valence-electron chi connectivity index (χ1n) is 9.46. The fraction of sp³-hybridized carbons (Fsp3) is 0.429. The summed E-state index contributed by atoms with van der Waals surface area (Å²) in [6.45, 7) is 5.88. The third-order valence-corrected chi connectivity index (χ3v) is 4.46. The van der Waals surface area contributed by atoms with Crippen LogP contribution in [0.5, 0.6) is 0 Å². The maximum atomic E-state index is 12.6. The second-order valence-corrected chi connectivity index (χ2v) is 7.41. The smallest absolute Gasteiger partial charge is 0.253 e. The molecule has 0 aliphatic heterocycles. The Bertz CT molecular complexity index is 767. The van der Waals surface area contributed by atoms with Crippen LogP contribution in [0.3, 0.4) is 0 Å². The zero-order valence-corrected chi connectivity index (χ0v) is 15.9. The summed E-state index contributed by atoms with van der Waals surface area (Å²) in [6, 6.07) is 11.2. The zero-order valence-electron chi connectivity index (χ0n) is 15.9. The van der Waals surface area contributed by atoms with Crippen molar-refractivity contribution >= 4 is 17.5 Å². The minimum Gasteiger partial charge on any atom is -0.467 e. The van der Waals surface area contributed by atoms with Gasteiger partial charge in [0.2, 0.25) is 5.91 Å². The highest BCUT2D eigenvalue weighted by Gasteiger charge is 2.30. The highest BCUT2D eigenvalue weighted by atomic mass is 16.3. The van der Waals surface area contributed by atoms with Crippen LogP contribution in [0.15, 0.2) is 47.1 Å². The molecule has 1 fully saturated rings. The van der Waals surface area contributed by atoms with Crippen LogP contribution in [0, 0.1) is 5.92 Å². The van der Waals surface area contributed by atoms with E-state index >= 15 is 0 Å². The van der Waals surface area contributed by atoms with Crippen molar-refractivity contribution < 1.29 is 14.0 Å². The normalized spacial score (nSPS) is 13.8. The number of hydrogen-bond acceptors (Lipinski definition) is 4. The Kier molecular flexibility index (Phi) is 6.29. The van der Waals surface area contributed by atoms with E-state index in [1.54, 1.807) is 36.6 Å². The molecule has 2 amide bonds. The maximum absolute atomic E-state index is 12.6. The predicted molar refractivity (Wildman–Crippen MR) is 104 cm³/mol. The van der Waals surface area contributed by atoms with E-state index < -0.39 is 0 Å². The van der Waals surface area contributed by atoms with E-state index in [0.29, 0.717) is 42.1 Å². The second-order valence-electron chi connectivity index (χ2n) is 7.41. The molecular weight excluding hydrogens is 342 g/mol. The molecule has 3 rings (SSSR count). The molecule has 1 aliphatic carbocycles. The van der Waals surface area contributed by atoms with E-state index in [9.17, 15) is 9.59 Å². The molecule has 1 aromatic carbocycles. The summed E-state index contributed by atoms with van der Waals surface area (Å²) < 4.78 is 5.23. The van der Waals surface area contributed by atoms with Gasteiger partial charge in [-0.05, 0) is 43.0 Å². The molecular formula is C21H27N3O3. The summed E-state index contributed by atoms with van der Waals surface area (Å²) in [4.78, 5) is 27.3. The fourth-order valence-corrected chi connectivity index (χ4v) is 3.09. The standard InChI is InChI=1S/C21H27N3O3/c1-15(2)13-24(16-9-10-16)14-20(25)23-19-8-4-3-7-18(19)21(26)22-12-17-6-5-11-27-17/h3-8,11,15-16H,9-10,12-14H2,1-2H3,(H,22,26)(H,23,25). The van der Waals surface area contributed by atoms with Gasteiger partial charge >= 0.3 is 0 Å². The first-order chi connectivity index (χ1) is 13.0. The van der Waals surface area contributed by atoms with Crippen LogP contribution >= 0.6 is 0 Å². The van der Waals surface area contributed by atoms with Gasteiger partial charge in [-0.2, -0.15) is 0 Å². The number of furan rings is 1. The number of para-hydroxylation sites is 1. The average Bonchev–Trinajstić information content (AvgIpc) is 3.35. The Morgan fingerprint density at radius 1 is 1.19 bits per heavy atom. The van der Waals surface area contributed by atoms with E-state index in [1.165, 1.54) is 0 Å². The van der Waals surface area contributed by atoms with Crippen molar-refractivity contribution in [2.45, 2.75) is 39.3 Å². The van der Waals surface area contributed by atoms with E-state index in [1.807, 2.05) is 6.07 Å². The molecule has 0 spiro atoms. The molecule has 2 N–H and O–H groups in total. The van der Waals surface area contributed by atoms with Crippen LogP contribution in [0.1, 0.15) is 42.8 Å². The molecule has 0 unspecified atom stereocenters. The number of carbonyl (C=O) groups is 2. The van der Waals surface area contributed by atoms with Gasteiger partial charge in [0.15, 0.2) is 0 Å². The Labute approximate surface area is 159 Å². The molecule has 0 atom stereocenters. The van der Waals surface area contributed by atoms with Crippen LogP contribution in [-0.2, 0) is 11.3 Å². The zero-order chi connectivity index (χ0) is 19.2. The lowest BCUT2D eigenvalue weighted by molar-refractivity contribution is -0.117. The van der Waals surface area contributed by atoms with Crippen molar-refractivity contribution in [1.29, 1.82) is 0 Å². The third kappa shape index (κ3) is 5.69. The van der Waals surface area contributed by atoms with Crippen LogP contribution in [0.4, 0.5) is 5.69 Å². The monoisotopic (exact) mass is 369 g/mol. The van der Waals surface area contributed by atoms with Gasteiger partial charge in [-0.3, -0.25) is 14.5 Å². The number of nitrogens with one attached hydrogen (secondary N) is 2. The Balaban J connectivity index is 1.60. The molecule has 0 bridgehead atoms. The van der Waals surface area contributed by atoms with Gasteiger partial charge in [-0.1, -0.05) is 26.0 Å². The predicted octanol–water partition coefficient (Wildman–Crippen LogP) is 3.27. The van der Waals surface area contributed by atoms with E-state index in [-0.39, 0.29) is 11.8 Å². The Hall–Kier alpha value is -2.60. The van der Waals surface area contributed by atoms with Crippen LogP contribution in [0.2, 0.25) is 0 Å². The summed E-state index contributed by atoms with van der Waals surface area (Å²) >= 11 is 0. The molecule has 6 heteroatoms. The van der Waals surface area contributed by atoms with Gasteiger partial charge < -0.3 is 15.1 Å². The van der Waals surface area contributed by atoms with Crippen LogP contribution in [-0.4, -0.2) is 35.8 Å². The number of carbonyl (C=O) groups excluding carboxylic acids is 2. The summed E-state index contributed by atoms with van der Waals surface area (Å²) in [5.41, 5.74) is 0.971. The van der Waals surface area contributed by atoms with E-state index in [4.69, 9.17) is 4.42 Å². The van der Waals surface area contributed by atoms with Gasteiger partial charge in [0, 0.05) is 12.6 Å². The quantitative estimate of drug-likeness (QED) is 0.711. The Morgan fingerprint density at radius 2 is 1.96 bits per heavy atom. The Morgan fingerprint density at radius 3 is 2.63 bits per heavy atom.